The quantitative estimate of drug-likeness (QED) is 0.859. The first-order chi connectivity index (χ1) is 7.61. The summed E-state index contributed by atoms with van der Waals surface area (Å²) in [5.41, 5.74) is 6.63. The van der Waals surface area contributed by atoms with Crippen LogP contribution in [-0.2, 0) is 0 Å². The highest BCUT2D eigenvalue weighted by Gasteiger charge is 2.17. The number of benzene rings is 1. The molecule has 1 heterocycles. The lowest BCUT2D eigenvalue weighted by Crippen LogP contribution is -2.17. The number of furan rings is 1. The molecule has 0 fully saturated rings. The summed E-state index contributed by atoms with van der Waals surface area (Å²) >= 11 is 0. The molecule has 3 heteroatoms. The van der Waals surface area contributed by atoms with E-state index in [1.807, 2.05) is 6.07 Å². The van der Waals surface area contributed by atoms with E-state index < -0.39 is 0 Å². The molecule has 2 aromatic rings. The smallest absolute Gasteiger partial charge is 0.137 e. The van der Waals surface area contributed by atoms with Crippen LogP contribution in [0.5, 0.6) is 0 Å². The molecule has 16 heavy (non-hydrogen) atoms. The molecule has 1 aromatic heterocycles. The van der Waals surface area contributed by atoms with E-state index >= 15 is 0 Å². The van der Waals surface area contributed by atoms with Crippen molar-refractivity contribution in [3.05, 3.63) is 35.8 Å². The highest BCUT2D eigenvalue weighted by Crippen LogP contribution is 2.28. The average Bonchev–Trinajstić information content (AvgIpc) is 2.69. The minimum absolute atomic E-state index is 0.125. The molecule has 1 unspecified atom stereocenters. The van der Waals surface area contributed by atoms with E-state index in [1.54, 1.807) is 6.07 Å². The molecule has 0 radical (unpaired) electrons. The van der Waals surface area contributed by atoms with Crippen molar-refractivity contribution in [1.82, 2.24) is 0 Å². The summed E-state index contributed by atoms with van der Waals surface area (Å²) < 4.78 is 18.5. The minimum Gasteiger partial charge on any atom is -0.459 e. The second kappa shape index (κ2) is 4.26. The molecule has 1 aromatic carbocycles. The molecule has 86 valence electrons. The number of nitrogens with two attached hydrogens (primary N) is 1. The Kier molecular flexibility index (Phi) is 2.97. The third kappa shape index (κ3) is 1.95. The van der Waals surface area contributed by atoms with E-state index in [0.717, 1.165) is 17.6 Å². The fourth-order valence-corrected chi connectivity index (χ4v) is 1.72. The lowest BCUT2D eigenvalue weighted by molar-refractivity contribution is 0.388. The van der Waals surface area contributed by atoms with Crippen LogP contribution in [0, 0.1) is 11.7 Å². The molecule has 0 spiro atoms. The van der Waals surface area contributed by atoms with Crippen LogP contribution in [0.3, 0.4) is 0 Å². The number of halogens is 1. The van der Waals surface area contributed by atoms with Crippen molar-refractivity contribution in [1.29, 1.82) is 0 Å². The zero-order valence-corrected chi connectivity index (χ0v) is 9.53. The predicted molar refractivity (Wildman–Crippen MR) is 62.6 cm³/mol. The number of hydrogen-bond acceptors (Lipinski definition) is 2. The van der Waals surface area contributed by atoms with E-state index in [0.29, 0.717) is 11.5 Å². The highest BCUT2D eigenvalue weighted by atomic mass is 19.1. The third-order valence-corrected chi connectivity index (χ3v) is 3.09. The topological polar surface area (TPSA) is 39.2 Å². The van der Waals surface area contributed by atoms with E-state index in [2.05, 4.69) is 13.8 Å². The van der Waals surface area contributed by atoms with Gasteiger partial charge in [0.15, 0.2) is 0 Å². The van der Waals surface area contributed by atoms with Gasteiger partial charge in [-0.3, -0.25) is 0 Å². The van der Waals surface area contributed by atoms with Crippen LogP contribution >= 0.6 is 0 Å². The van der Waals surface area contributed by atoms with Gasteiger partial charge >= 0.3 is 0 Å². The Morgan fingerprint density at radius 3 is 2.81 bits per heavy atom. The zero-order valence-electron chi connectivity index (χ0n) is 9.53. The molecule has 0 saturated heterocycles. The van der Waals surface area contributed by atoms with Crippen LogP contribution in [0.1, 0.15) is 32.1 Å². The maximum atomic E-state index is 13.0. The number of rotatable bonds is 3. The van der Waals surface area contributed by atoms with Crippen molar-refractivity contribution < 1.29 is 8.81 Å². The standard InChI is InChI=1S/C13H16FNO/c1-3-8(2)13(15)12-6-9-4-5-10(14)7-11(9)16-12/h4-8,13H,3,15H2,1-2H3/t8?,13-/m0/s1. The molecule has 2 nitrogen and oxygen atoms in total. The summed E-state index contributed by atoms with van der Waals surface area (Å²) in [6, 6.07) is 6.30. The van der Waals surface area contributed by atoms with Gasteiger partial charge in [0.25, 0.3) is 0 Å². The Labute approximate surface area is 94.2 Å². The largest absolute Gasteiger partial charge is 0.459 e. The molecular weight excluding hydrogens is 205 g/mol. The first-order valence-electron chi connectivity index (χ1n) is 5.56. The lowest BCUT2D eigenvalue weighted by Gasteiger charge is -2.15. The van der Waals surface area contributed by atoms with Crippen LogP contribution < -0.4 is 5.73 Å². The van der Waals surface area contributed by atoms with Crippen LogP contribution in [-0.4, -0.2) is 0 Å². The summed E-state index contributed by atoms with van der Waals surface area (Å²) in [7, 11) is 0. The van der Waals surface area contributed by atoms with Gasteiger partial charge in [0.1, 0.15) is 17.2 Å². The van der Waals surface area contributed by atoms with Crippen molar-refractivity contribution in [3.8, 4) is 0 Å². The Bertz CT molecular complexity index is 492. The van der Waals surface area contributed by atoms with E-state index in [4.69, 9.17) is 10.2 Å². The Hall–Kier alpha value is -1.35. The molecule has 2 N–H and O–H groups in total. The highest BCUT2D eigenvalue weighted by molar-refractivity contribution is 5.77. The van der Waals surface area contributed by atoms with E-state index in [-0.39, 0.29) is 11.9 Å². The zero-order chi connectivity index (χ0) is 11.7. The predicted octanol–water partition coefficient (Wildman–Crippen LogP) is 3.62. The van der Waals surface area contributed by atoms with Crippen LogP contribution in [0.25, 0.3) is 11.0 Å². The summed E-state index contributed by atoms with van der Waals surface area (Å²) in [5.74, 6) is 0.797. The molecule has 0 aliphatic carbocycles. The van der Waals surface area contributed by atoms with Gasteiger partial charge in [-0.15, -0.1) is 0 Å². The maximum Gasteiger partial charge on any atom is 0.137 e. The van der Waals surface area contributed by atoms with Crippen LogP contribution in [0.4, 0.5) is 4.39 Å². The third-order valence-electron chi connectivity index (χ3n) is 3.09. The van der Waals surface area contributed by atoms with Crippen LogP contribution in [0.2, 0.25) is 0 Å². The van der Waals surface area contributed by atoms with Gasteiger partial charge in [-0.25, -0.2) is 4.39 Å². The van der Waals surface area contributed by atoms with Crippen molar-refractivity contribution in [3.63, 3.8) is 0 Å². The molecular formula is C13H16FNO. The van der Waals surface area contributed by atoms with Gasteiger partial charge in [-0.2, -0.15) is 0 Å². The van der Waals surface area contributed by atoms with Crippen molar-refractivity contribution >= 4 is 11.0 Å². The average molecular weight is 221 g/mol. The summed E-state index contributed by atoms with van der Waals surface area (Å²) in [5, 5.41) is 0.898. The van der Waals surface area contributed by atoms with Gasteiger partial charge in [0, 0.05) is 11.5 Å². The molecule has 0 bridgehead atoms. The Morgan fingerprint density at radius 1 is 1.38 bits per heavy atom. The first kappa shape index (κ1) is 11.1. The van der Waals surface area contributed by atoms with Gasteiger partial charge in [0.2, 0.25) is 0 Å². The SMILES string of the molecule is CCC(C)[C@H](N)c1cc2ccc(F)cc2o1. The summed E-state index contributed by atoms with van der Waals surface area (Å²) in [6.45, 7) is 4.17. The normalized spacial score (nSPS) is 15.2. The van der Waals surface area contributed by atoms with E-state index in [9.17, 15) is 4.39 Å². The molecule has 0 saturated carbocycles. The van der Waals surface area contributed by atoms with Crippen molar-refractivity contribution in [2.75, 3.05) is 0 Å². The summed E-state index contributed by atoms with van der Waals surface area (Å²) in [6.07, 6.45) is 0.993. The van der Waals surface area contributed by atoms with Crippen LogP contribution in [0.15, 0.2) is 28.7 Å². The van der Waals surface area contributed by atoms with Crippen molar-refractivity contribution in [2.24, 2.45) is 11.7 Å². The van der Waals surface area contributed by atoms with Gasteiger partial charge < -0.3 is 10.2 Å². The van der Waals surface area contributed by atoms with Gasteiger partial charge in [0.05, 0.1) is 6.04 Å². The van der Waals surface area contributed by atoms with E-state index in [1.165, 1.54) is 12.1 Å². The second-order valence-electron chi connectivity index (χ2n) is 4.24. The monoisotopic (exact) mass is 221 g/mol. The molecule has 0 aliphatic rings. The minimum atomic E-state index is -0.287. The maximum absolute atomic E-state index is 13.0. The van der Waals surface area contributed by atoms with Gasteiger partial charge in [-0.1, -0.05) is 20.3 Å². The molecule has 0 amide bonds. The Balaban J connectivity index is 2.39. The lowest BCUT2D eigenvalue weighted by atomic mass is 9.98. The number of fused-ring (bicyclic) bond motifs is 1. The second-order valence-corrected chi connectivity index (χ2v) is 4.24. The molecule has 0 aliphatic heterocycles. The number of hydrogen-bond donors (Lipinski definition) is 1. The fourth-order valence-electron chi connectivity index (χ4n) is 1.72. The summed E-state index contributed by atoms with van der Waals surface area (Å²) in [4.78, 5) is 0. The first-order valence-corrected chi connectivity index (χ1v) is 5.56. The fraction of sp³-hybridized carbons (Fsp3) is 0.385. The molecule has 2 atom stereocenters. The molecule has 2 rings (SSSR count). The van der Waals surface area contributed by atoms with Crippen molar-refractivity contribution in [2.45, 2.75) is 26.3 Å². The Morgan fingerprint density at radius 2 is 2.12 bits per heavy atom. The van der Waals surface area contributed by atoms with Gasteiger partial charge in [-0.05, 0) is 24.1 Å².